The van der Waals surface area contributed by atoms with Crippen molar-refractivity contribution in [2.75, 3.05) is 0 Å². The number of nitrogens with zero attached hydrogens (tertiary/aromatic N) is 2. The Balaban J connectivity index is 3.38. The van der Waals surface area contributed by atoms with Gasteiger partial charge >= 0.3 is 0 Å². The number of rotatable bonds is 2. The van der Waals surface area contributed by atoms with Gasteiger partial charge in [-0.05, 0) is 13.8 Å². The first-order valence-corrected chi connectivity index (χ1v) is 3.83. The van der Waals surface area contributed by atoms with Crippen molar-refractivity contribution in [1.82, 2.24) is 0 Å². The van der Waals surface area contributed by atoms with Crippen LogP contribution in [0, 0.1) is 34.1 Å². The summed E-state index contributed by atoms with van der Waals surface area (Å²) >= 11 is 0. The second-order valence-electron chi connectivity index (χ2n) is 2.94. The largest absolute Gasteiger partial charge is 0.273 e. The summed E-state index contributed by atoms with van der Waals surface area (Å²) in [6, 6.07) is 2.43. The Hall–Kier alpha value is -1.98. The molecule has 0 amide bonds. The van der Waals surface area contributed by atoms with Crippen molar-refractivity contribution in [2.24, 2.45) is 0 Å². The first-order valence-electron chi connectivity index (χ1n) is 3.83. The summed E-state index contributed by atoms with van der Waals surface area (Å²) in [5.41, 5.74) is 0.417. The minimum atomic E-state index is -0.550. The maximum absolute atomic E-state index is 10.5. The molecule has 1 aromatic rings. The third-order valence-corrected chi connectivity index (χ3v) is 1.91. The van der Waals surface area contributed by atoms with Gasteiger partial charge in [-0.25, -0.2) is 0 Å². The van der Waals surface area contributed by atoms with E-state index in [1.165, 1.54) is 26.0 Å². The van der Waals surface area contributed by atoms with Gasteiger partial charge in [-0.2, -0.15) is 0 Å². The lowest BCUT2D eigenvalue weighted by Gasteiger charge is -2.00. The molecule has 0 saturated carbocycles. The van der Waals surface area contributed by atoms with Crippen molar-refractivity contribution in [3.05, 3.63) is 43.5 Å². The van der Waals surface area contributed by atoms with Crippen LogP contribution in [0.4, 0.5) is 11.4 Å². The zero-order valence-electron chi connectivity index (χ0n) is 7.68. The van der Waals surface area contributed by atoms with Gasteiger partial charge in [-0.1, -0.05) is 0 Å². The Kier molecular flexibility index (Phi) is 2.46. The second kappa shape index (κ2) is 3.41. The third-order valence-electron chi connectivity index (χ3n) is 1.91. The molecule has 0 atom stereocenters. The molecule has 0 radical (unpaired) electrons. The Morgan fingerprint density at radius 2 is 1.21 bits per heavy atom. The SMILES string of the molecule is Cc1cc([N+](=O)[O-])c(C)cc1[N+](=O)[O-]. The van der Waals surface area contributed by atoms with Gasteiger partial charge in [0.05, 0.1) is 9.85 Å². The Labute approximate surface area is 79.5 Å². The maximum Gasteiger partial charge on any atom is 0.273 e. The highest BCUT2D eigenvalue weighted by Crippen LogP contribution is 2.26. The van der Waals surface area contributed by atoms with Crippen molar-refractivity contribution < 1.29 is 9.85 Å². The van der Waals surface area contributed by atoms with E-state index in [0.717, 1.165) is 0 Å². The fraction of sp³-hybridized carbons (Fsp3) is 0.250. The lowest BCUT2D eigenvalue weighted by molar-refractivity contribution is -0.390. The van der Waals surface area contributed by atoms with Gasteiger partial charge in [0.25, 0.3) is 11.4 Å². The second-order valence-corrected chi connectivity index (χ2v) is 2.94. The average molecular weight is 196 g/mol. The van der Waals surface area contributed by atoms with E-state index in [1.54, 1.807) is 0 Å². The minimum Gasteiger partial charge on any atom is -0.258 e. The molecule has 0 bridgehead atoms. The number of benzene rings is 1. The van der Waals surface area contributed by atoms with Gasteiger partial charge < -0.3 is 0 Å². The van der Waals surface area contributed by atoms with Crippen molar-refractivity contribution in [3.8, 4) is 0 Å². The maximum atomic E-state index is 10.5. The van der Waals surface area contributed by atoms with Gasteiger partial charge in [0.15, 0.2) is 0 Å². The summed E-state index contributed by atoms with van der Waals surface area (Å²) in [4.78, 5) is 19.9. The molecular formula is C8H8N2O4. The Morgan fingerprint density at radius 1 is 0.929 bits per heavy atom. The highest BCUT2D eigenvalue weighted by molar-refractivity contribution is 5.52. The molecule has 14 heavy (non-hydrogen) atoms. The number of hydrogen-bond acceptors (Lipinski definition) is 4. The Bertz CT molecular complexity index is 374. The van der Waals surface area contributed by atoms with Crippen LogP contribution >= 0.6 is 0 Å². The third kappa shape index (κ3) is 1.68. The first-order chi connectivity index (χ1) is 6.43. The van der Waals surface area contributed by atoms with Crippen LogP contribution in [0.3, 0.4) is 0 Å². The first kappa shape index (κ1) is 10.1. The summed E-state index contributed by atoms with van der Waals surface area (Å²) in [7, 11) is 0. The van der Waals surface area contributed by atoms with Crippen LogP contribution in [-0.2, 0) is 0 Å². The monoisotopic (exact) mass is 196 g/mol. The van der Waals surface area contributed by atoms with Gasteiger partial charge in [0, 0.05) is 23.3 Å². The van der Waals surface area contributed by atoms with E-state index in [4.69, 9.17) is 0 Å². The van der Waals surface area contributed by atoms with Crippen molar-refractivity contribution >= 4 is 11.4 Å². The van der Waals surface area contributed by atoms with Crippen LogP contribution in [0.2, 0.25) is 0 Å². The molecule has 0 unspecified atom stereocenters. The van der Waals surface area contributed by atoms with Crippen LogP contribution < -0.4 is 0 Å². The zero-order chi connectivity index (χ0) is 10.9. The van der Waals surface area contributed by atoms with Crippen LogP contribution in [-0.4, -0.2) is 9.85 Å². The molecule has 0 aromatic heterocycles. The van der Waals surface area contributed by atoms with Crippen molar-refractivity contribution in [3.63, 3.8) is 0 Å². The fourth-order valence-corrected chi connectivity index (χ4v) is 1.18. The predicted molar refractivity (Wildman–Crippen MR) is 49.2 cm³/mol. The number of nitro benzene ring substituents is 2. The summed E-state index contributed by atoms with van der Waals surface area (Å²) in [6.07, 6.45) is 0. The zero-order valence-corrected chi connectivity index (χ0v) is 7.68. The normalized spacial score (nSPS) is 9.86. The molecule has 6 heteroatoms. The minimum absolute atomic E-state index is 0.0897. The van der Waals surface area contributed by atoms with Crippen LogP contribution in [0.1, 0.15) is 11.1 Å². The number of aryl methyl sites for hydroxylation is 2. The van der Waals surface area contributed by atoms with Gasteiger partial charge in [0.1, 0.15) is 0 Å². The fourth-order valence-electron chi connectivity index (χ4n) is 1.18. The van der Waals surface area contributed by atoms with Crippen LogP contribution in [0.25, 0.3) is 0 Å². The molecule has 0 aliphatic rings. The highest BCUT2D eigenvalue weighted by atomic mass is 16.6. The van der Waals surface area contributed by atoms with E-state index in [1.807, 2.05) is 0 Å². The van der Waals surface area contributed by atoms with Gasteiger partial charge in [0.2, 0.25) is 0 Å². The molecule has 1 rings (SSSR count). The predicted octanol–water partition coefficient (Wildman–Crippen LogP) is 2.12. The molecular weight excluding hydrogens is 188 g/mol. The van der Waals surface area contributed by atoms with Crippen molar-refractivity contribution in [2.45, 2.75) is 13.8 Å². The molecule has 0 aliphatic heterocycles. The topological polar surface area (TPSA) is 86.3 Å². The molecule has 6 nitrogen and oxygen atoms in total. The summed E-state index contributed by atoms with van der Waals surface area (Å²) in [6.45, 7) is 2.95. The number of hydrogen-bond donors (Lipinski definition) is 0. The molecule has 74 valence electrons. The summed E-state index contributed by atoms with van der Waals surface area (Å²) in [5.74, 6) is 0. The summed E-state index contributed by atoms with van der Waals surface area (Å²) in [5, 5.41) is 21.0. The molecule has 0 spiro atoms. The molecule has 1 aromatic carbocycles. The molecule has 0 N–H and O–H groups in total. The van der Waals surface area contributed by atoms with E-state index >= 15 is 0 Å². The van der Waals surface area contributed by atoms with Gasteiger partial charge in [-0.3, -0.25) is 20.2 Å². The van der Waals surface area contributed by atoms with Crippen LogP contribution in [0.15, 0.2) is 12.1 Å². The molecule has 0 heterocycles. The standard InChI is InChI=1S/C8H8N2O4/c1-5-3-8(10(13)14)6(2)4-7(5)9(11)12/h3-4H,1-2H3. The quantitative estimate of drug-likeness (QED) is 0.535. The van der Waals surface area contributed by atoms with Gasteiger partial charge in [-0.15, -0.1) is 0 Å². The summed E-state index contributed by atoms with van der Waals surface area (Å²) < 4.78 is 0. The van der Waals surface area contributed by atoms with E-state index < -0.39 is 9.85 Å². The van der Waals surface area contributed by atoms with E-state index in [-0.39, 0.29) is 11.4 Å². The highest BCUT2D eigenvalue weighted by Gasteiger charge is 2.18. The van der Waals surface area contributed by atoms with E-state index in [0.29, 0.717) is 11.1 Å². The molecule has 0 saturated heterocycles. The lowest BCUT2D eigenvalue weighted by Crippen LogP contribution is -1.97. The van der Waals surface area contributed by atoms with E-state index in [9.17, 15) is 20.2 Å². The molecule has 0 fully saturated rings. The van der Waals surface area contributed by atoms with Crippen molar-refractivity contribution in [1.29, 1.82) is 0 Å². The van der Waals surface area contributed by atoms with E-state index in [2.05, 4.69) is 0 Å². The molecule has 0 aliphatic carbocycles. The average Bonchev–Trinajstić information content (AvgIpc) is 2.07. The van der Waals surface area contributed by atoms with Crippen LogP contribution in [0.5, 0.6) is 0 Å². The smallest absolute Gasteiger partial charge is 0.258 e. The number of nitro groups is 2. The lowest BCUT2D eigenvalue weighted by atomic mass is 10.1. The Morgan fingerprint density at radius 3 is 1.43 bits per heavy atom.